The highest BCUT2D eigenvalue weighted by Gasteiger charge is 2.15. The highest BCUT2D eigenvalue weighted by atomic mass is 79.9. The predicted molar refractivity (Wildman–Crippen MR) is 83.1 cm³/mol. The van der Waals surface area contributed by atoms with E-state index >= 15 is 0 Å². The van der Waals surface area contributed by atoms with Gasteiger partial charge in [-0.25, -0.2) is 0 Å². The average molecular weight is 336 g/mol. The summed E-state index contributed by atoms with van der Waals surface area (Å²) in [6.45, 7) is 0. The molecule has 0 fully saturated rings. The van der Waals surface area contributed by atoms with Crippen LogP contribution >= 0.6 is 27.3 Å². The lowest BCUT2D eigenvalue weighted by Gasteiger charge is -2.08. The molecule has 1 aliphatic rings. The van der Waals surface area contributed by atoms with Crippen LogP contribution in [0.2, 0.25) is 0 Å². The summed E-state index contributed by atoms with van der Waals surface area (Å²) >= 11 is 5.09. The minimum atomic E-state index is -0.0360. The van der Waals surface area contributed by atoms with Crippen LogP contribution in [0, 0.1) is 0 Å². The van der Waals surface area contributed by atoms with Crippen LogP contribution in [0.15, 0.2) is 34.8 Å². The Morgan fingerprint density at radius 2 is 1.89 bits per heavy atom. The van der Waals surface area contributed by atoms with Gasteiger partial charge in [-0.1, -0.05) is 15.9 Å². The van der Waals surface area contributed by atoms with E-state index < -0.39 is 0 Å². The van der Waals surface area contributed by atoms with Crippen molar-refractivity contribution in [3.63, 3.8) is 0 Å². The van der Waals surface area contributed by atoms with Crippen molar-refractivity contribution in [2.24, 2.45) is 0 Å². The second kappa shape index (κ2) is 5.47. The summed E-state index contributed by atoms with van der Waals surface area (Å²) < 4.78 is 0.982. The SMILES string of the molecule is O=C(Nc1cc2c(s1)CCCC2)c1ccc(Br)cc1. The zero-order chi connectivity index (χ0) is 13.2. The fourth-order valence-corrected chi connectivity index (χ4v) is 3.75. The molecule has 2 nitrogen and oxygen atoms in total. The number of hydrogen-bond donors (Lipinski definition) is 1. The molecule has 0 saturated heterocycles. The maximum absolute atomic E-state index is 12.1. The number of anilines is 1. The maximum Gasteiger partial charge on any atom is 0.256 e. The molecule has 1 aliphatic carbocycles. The highest BCUT2D eigenvalue weighted by Crippen LogP contribution is 2.33. The van der Waals surface area contributed by atoms with Crippen LogP contribution in [0.25, 0.3) is 0 Å². The second-order valence-electron chi connectivity index (χ2n) is 4.73. The largest absolute Gasteiger partial charge is 0.314 e. The number of hydrogen-bond acceptors (Lipinski definition) is 2. The van der Waals surface area contributed by atoms with Gasteiger partial charge in [0, 0.05) is 14.9 Å². The Balaban J connectivity index is 1.75. The smallest absolute Gasteiger partial charge is 0.256 e. The molecule has 0 unspecified atom stereocenters. The fourth-order valence-electron chi connectivity index (χ4n) is 2.34. The number of halogens is 1. The summed E-state index contributed by atoms with van der Waals surface area (Å²) in [6, 6.07) is 9.55. The van der Waals surface area contributed by atoms with Crippen LogP contribution < -0.4 is 5.32 Å². The van der Waals surface area contributed by atoms with Crippen molar-refractivity contribution >= 4 is 38.2 Å². The topological polar surface area (TPSA) is 29.1 Å². The molecule has 0 spiro atoms. The summed E-state index contributed by atoms with van der Waals surface area (Å²) in [4.78, 5) is 13.6. The van der Waals surface area contributed by atoms with E-state index in [9.17, 15) is 4.79 Å². The first-order valence-electron chi connectivity index (χ1n) is 6.41. The minimum Gasteiger partial charge on any atom is -0.314 e. The van der Waals surface area contributed by atoms with Gasteiger partial charge in [0.25, 0.3) is 5.91 Å². The van der Waals surface area contributed by atoms with Gasteiger partial charge in [-0.2, -0.15) is 0 Å². The second-order valence-corrected chi connectivity index (χ2v) is 6.78. The van der Waals surface area contributed by atoms with Gasteiger partial charge in [-0.15, -0.1) is 11.3 Å². The van der Waals surface area contributed by atoms with E-state index in [-0.39, 0.29) is 5.91 Å². The van der Waals surface area contributed by atoms with E-state index in [1.54, 1.807) is 11.3 Å². The van der Waals surface area contributed by atoms with Crippen molar-refractivity contribution in [1.29, 1.82) is 0 Å². The standard InChI is InChI=1S/C15H14BrNOS/c16-12-7-5-10(6-8-12)15(18)17-14-9-11-3-1-2-4-13(11)19-14/h5-9H,1-4H2,(H,17,18). The molecular formula is C15H14BrNOS. The average Bonchev–Trinajstić information content (AvgIpc) is 2.81. The van der Waals surface area contributed by atoms with Crippen LogP contribution in [-0.2, 0) is 12.8 Å². The Bertz CT molecular complexity index is 580. The van der Waals surface area contributed by atoms with Gasteiger partial charge >= 0.3 is 0 Å². The van der Waals surface area contributed by atoms with E-state index in [0.717, 1.165) is 22.3 Å². The molecular weight excluding hydrogens is 322 g/mol. The first-order chi connectivity index (χ1) is 9.22. The molecule has 1 aromatic carbocycles. The number of rotatable bonds is 2. The Kier molecular flexibility index (Phi) is 3.71. The molecule has 98 valence electrons. The van der Waals surface area contributed by atoms with Crippen molar-refractivity contribution in [3.8, 4) is 0 Å². The number of carbonyl (C=O) groups is 1. The quantitative estimate of drug-likeness (QED) is 0.850. The molecule has 1 amide bonds. The fraction of sp³-hybridized carbons (Fsp3) is 0.267. The first kappa shape index (κ1) is 12.9. The molecule has 0 radical (unpaired) electrons. The number of amides is 1. The molecule has 2 aromatic rings. The van der Waals surface area contributed by atoms with Crippen molar-refractivity contribution < 1.29 is 4.79 Å². The van der Waals surface area contributed by atoms with E-state index in [1.165, 1.54) is 23.3 Å². The van der Waals surface area contributed by atoms with Crippen LogP contribution in [0.4, 0.5) is 5.00 Å². The molecule has 4 heteroatoms. The molecule has 0 atom stereocenters. The van der Waals surface area contributed by atoms with Gasteiger partial charge in [0.2, 0.25) is 0 Å². The zero-order valence-electron chi connectivity index (χ0n) is 10.4. The Hall–Kier alpha value is -1.13. The monoisotopic (exact) mass is 335 g/mol. The van der Waals surface area contributed by atoms with Gasteiger partial charge in [0.1, 0.15) is 0 Å². The molecule has 19 heavy (non-hydrogen) atoms. The summed E-state index contributed by atoms with van der Waals surface area (Å²) in [5.74, 6) is -0.0360. The highest BCUT2D eigenvalue weighted by molar-refractivity contribution is 9.10. The summed E-state index contributed by atoms with van der Waals surface area (Å²) in [7, 11) is 0. The molecule has 0 saturated carbocycles. The van der Waals surface area contributed by atoms with Gasteiger partial charge in [-0.05, 0) is 61.6 Å². The minimum absolute atomic E-state index is 0.0360. The van der Waals surface area contributed by atoms with Crippen LogP contribution in [-0.4, -0.2) is 5.91 Å². The van der Waals surface area contributed by atoms with E-state index in [1.807, 2.05) is 24.3 Å². The third kappa shape index (κ3) is 2.90. The van der Waals surface area contributed by atoms with E-state index in [2.05, 4.69) is 27.3 Å². The van der Waals surface area contributed by atoms with Crippen molar-refractivity contribution in [2.45, 2.75) is 25.7 Å². The molecule has 0 aliphatic heterocycles. The lowest BCUT2D eigenvalue weighted by Crippen LogP contribution is -2.10. The van der Waals surface area contributed by atoms with Gasteiger partial charge in [0.05, 0.1) is 5.00 Å². The van der Waals surface area contributed by atoms with Gasteiger partial charge < -0.3 is 5.32 Å². The van der Waals surface area contributed by atoms with Crippen LogP contribution in [0.3, 0.4) is 0 Å². The van der Waals surface area contributed by atoms with Gasteiger partial charge in [-0.3, -0.25) is 4.79 Å². The van der Waals surface area contributed by atoms with Crippen molar-refractivity contribution in [2.75, 3.05) is 5.32 Å². The lowest BCUT2D eigenvalue weighted by atomic mass is 10.00. The first-order valence-corrected chi connectivity index (χ1v) is 8.02. The lowest BCUT2D eigenvalue weighted by molar-refractivity contribution is 0.102. The third-order valence-electron chi connectivity index (χ3n) is 3.34. The number of nitrogens with one attached hydrogen (secondary N) is 1. The maximum atomic E-state index is 12.1. The molecule has 1 heterocycles. The van der Waals surface area contributed by atoms with E-state index in [0.29, 0.717) is 5.56 Å². The van der Waals surface area contributed by atoms with Crippen LogP contribution in [0.1, 0.15) is 33.6 Å². The summed E-state index contributed by atoms with van der Waals surface area (Å²) in [5, 5.41) is 3.97. The third-order valence-corrected chi connectivity index (χ3v) is 5.02. The van der Waals surface area contributed by atoms with Gasteiger partial charge in [0.15, 0.2) is 0 Å². The zero-order valence-corrected chi connectivity index (χ0v) is 12.8. The summed E-state index contributed by atoms with van der Waals surface area (Å²) in [6.07, 6.45) is 4.85. The predicted octanol–water partition coefficient (Wildman–Crippen LogP) is 4.64. The molecule has 0 bridgehead atoms. The van der Waals surface area contributed by atoms with Crippen LogP contribution in [0.5, 0.6) is 0 Å². The molecule has 1 N–H and O–H groups in total. The number of aryl methyl sites for hydroxylation is 2. The normalized spacial score (nSPS) is 13.9. The van der Waals surface area contributed by atoms with E-state index in [4.69, 9.17) is 0 Å². The number of thiophene rings is 1. The number of carbonyl (C=O) groups excluding carboxylic acids is 1. The Labute approximate surface area is 125 Å². The molecule has 1 aromatic heterocycles. The number of fused-ring (bicyclic) bond motifs is 1. The van der Waals surface area contributed by atoms with Crippen molar-refractivity contribution in [1.82, 2.24) is 0 Å². The summed E-state index contributed by atoms with van der Waals surface area (Å²) in [5.41, 5.74) is 2.11. The molecule has 3 rings (SSSR count). The Morgan fingerprint density at radius 3 is 2.63 bits per heavy atom. The Morgan fingerprint density at radius 1 is 1.16 bits per heavy atom. The van der Waals surface area contributed by atoms with Crippen molar-refractivity contribution in [3.05, 3.63) is 50.8 Å². The number of benzene rings is 1.